The van der Waals surface area contributed by atoms with Crippen LogP contribution in [0, 0.1) is 0 Å². The maximum absolute atomic E-state index is 12.0. The van der Waals surface area contributed by atoms with Gasteiger partial charge in [0.15, 0.2) is 0 Å². The first-order valence-electron chi connectivity index (χ1n) is 7.33. The number of hydrogen-bond acceptors (Lipinski definition) is 4. The number of aryl methyl sites for hydroxylation is 1. The zero-order chi connectivity index (χ0) is 16.8. The van der Waals surface area contributed by atoms with Crippen LogP contribution in [-0.2, 0) is 7.05 Å². The molecular weight excluding hydrogens is 294 g/mol. The van der Waals surface area contributed by atoms with Crippen LogP contribution in [0.25, 0.3) is 0 Å². The maximum atomic E-state index is 12.0. The summed E-state index contributed by atoms with van der Waals surface area (Å²) in [6.07, 6.45) is 3.35. The monoisotopic (exact) mass is 317 g/mol. The van der Waals surface area contributed by atoms with Crippen molar-refractivity contribution in [1.82, 2.24) is 20.0 Å². The number of nitrogens with zero attached hydrogens (tertiary/aromatic N) is 3. The fourth-order valence-corrected chi connectivity index (χ4v) is 2.28. The Morgan fingerprint density at radius 3 is 2.57 bits per heavy atom. The average molecular weight is 317 g/mol. The molecule has 0 fully saturated rings. The van der Waals surface area contributed by atoms with Gasteiger partial charge in [0, 0.05) is 19.8 Å². The van der Waals surface area contributed by atoms with Crippen molar-refractivity contribution in [3.05, 3.63) is 42.2 Å². The lowest BCUT2D eigenvalue weighted by atomic mass is 10.1. The summed E-state index contributed by atoms with van der Waals surface area (Å²) in [5, 5.41) is 9.65. The quantitative estimate of drug-likeness (QED) is 0.853. The number of carbonyl (C=O) groups is 1. The number of rotatable bonds is 6. The van der Waals surface area contributed by atoms with Gasteiger partial charge in [-0.05, 0) is 31.8 Å². The molecule has 0 bridgehead atoms. The van der Waals surface area contributed by atoms with Crippen LogP contribution in [0.15, 0.2) is 36.7 Å². The molecule has 23 heavy (non-hydrogen) atoms. The van der Waals surface area contributed by atoms with Crippen LogP contribution < -0.4 is 15.4 Å². The van der Waals surface area contributed by atoms with Crippen LogP contribution in [-0.4, -0.2) is 48.5 Å². The van der Waals surface area contributed by atoms with E-state index in [4.69, 9.17) is 4.74 Å². The second-order valence-corrected chi connectivity index (χ2v) is 5.49. The van der Waals surface area contributed by atoms with E-state index in [0.717, 1.165) is 11.3 Å². The third-order valence-corrected chi connectivity index (χ3v) is 3.54. The molecule has 2 aromatic rings. The lowest BCUT2D eigenvalue weighted by Crippen LogP contribution is -2.36. The van der Waals surface area contributed by atoms with Gasteiger partial charge in [-0.25, -0.2) is 4.79 Å². The Balaban J connectivity index is 1.94. The molecular formula is C16H23N5O2. The van der Waals surface area contributed by atoms with Crippen molar-refractivity contribution in [3.8, 4) is 5.75 Å². The topological polar surface area (TPSA) is 71.4 Å². The molecule has 1 aromatic carbocycles. The summed E-state index contributed by atoms with van der Waals surface area (Å²) in [6, 6.07) is 7.66. The number of carbonyl (C=O) groups excluding carboxylic acids is 1. The minimum atomic E-state index is -0.252. The summed E-state index contributed by atoms with van der Waals surface area (Å²) in [5.74, 6) is 0.813. The van der Waals surface area contributed by atoms with Gasteiger partial charge in [-0.1, -0.05) is 12.1 Å². The molecule has 124 valence electrons. The number of hydrogen-bond donors (Lipinski definition) is 2. The summed E-state index contributed by atoms with van der Waals surface area (Å²) in [7, 11) is 7.41. The van der Waals surface area contributed by atoms with Gasteiger partial charge in [-0.3, -0.25) is 4.68 Å². The molecule has 0 aliphatic rings. The highest BCUT2D eigenvalue weighted by atomic mass is 16.5. The van der Waals surface area contributed by atoms with Crippen molar-refractivity contribution < 1.29 is 9.53 Å². The molecule has 0 aliphatic heterocycles. The van der Waals surface area contributed by atoms with Crippen molar-refractivity contribution >= 4 is 11.7 Å². The van der Waals surface area contributed by atoms with Crippen LogP contribution in [0.3, 0.4) is 0 Å². The van der Waals surface area contributed by atoms with Gasteiger partial charge in [0.25, 0.3) is 0 Å². The number of nitrogens with one attached hydrogen (secondary N) is 2. The third-order valence-electron chi connectivity index (χ3n) is 3.54. The molecule has 0 saturated carbocycles. The molecule has 1 heterocycles. The van der Waals surface area contributed by atoms with Gasteiger partial charge in [0.1, 0.15) is 5.75 Å². The fourth-order valence-electron chi connectivity index (χ4n) is 2.28. The highest BCUT2D eigenvalue weighted by molar-refractivity contribution is 5.88. The van der Waals surface area contributed by atoms with Crippen LogP contribution in [0.1, 0.15) is 11.6 Å². The molecule has 1 aromatic heterocycles. The summed E-state index contributed by atoms with van der Waals surface area (Å²) < 4.78 is 6.81. The van der Waals surface area contributed by atoms with Crippen molar-refractivity contribution in [2.45, 2.75) is 6.04 Å². The van der Waals surface area contributed by atoms with Crippen LogP contribution >= 0.6 is 0 Å². The zero-order valence-electron chi connectivity index (χ0n) is 13.9. The summed E-state index contributed by atoms with van der Waals surface area (Å²) in [4.78, 5) is 14.0. The van der Waals surface area contributed by atoms with E-state index in [-0.39, 0.29) is 12.1 Å². The number of benzene rings is 1. The lowest BCUT2D eigenvalue weighted by Gasteiger charge is -2.25. The SMILES string of the molecule is COc1ccc(C(CNC(=O)Nc2cnn(C)c2)N(C)C)cc1. The van der Waals surface area contributed by atoms with E-state index < -0.39 is 0 Å². The van der Waals surface area contributed by atoms with Crippen molar-refractivity contribution in [2.75, 3.05) is 33.1 Å². The van der Waals surface area contributed by atoms with Crippen LogP contribution in [0.2, 0.25) is 0 Å². The molecule has 0 radical (unpaired) electrons. The van der Waals surface area contributed by atoms with Crippen LogP contribution in [0.5, 0.6) is 5.75 Å². The number of anilines is 1. The number of likely N-dealkylation sites (N-methyl/N-ethyl adjacent to an activating group) is 1. The Morgan fingerprint density at radius 2 is 2.04 bits per heavy atom. The van der Waals surface area contributed by atoms with E-state index >= 15 is 0 Å². The minimum Gasteiger partial charge on any atom is -0.497 e. The minimum absolute atomic E-state index is 0.0700. The smallest absolute Gasteiger partial charge is 0.319 e. The van der Waals surface area contributed by atoms with E-state index in [1.54, 1.807) is 31.2 Å². The van der Waals surface area contributed by atoms with Crippen molar-refractivity contribution in [3.63, 3.8) is 0 Å². The largest absolute Gasteiger partial charge is 0.497 e. The first-order chi connectivity index (χ1) is 11.0. The Labute approximate surface area is 136 Å². The fraction of sp³-hybridized carbons (Fsp3) is 0.375. The predicted octanol–water partition coefficient (Wildman–Crippen LogP) is 1.85. The van der Waals surface area contributed by atoms with Gasteiger partial charge < -0.3 is 20.3 Å². The normalized spacial score (nSPS) is 12.0. The molecule has 0 aliphatic carbocycles. The van der Waals surface area contributed by atoms with Gasteiger partial charge in [-0.15, -0.1) is 0 Å². The Morgan fingerprint density at radius 1 is 1.35 bits per heavy atom. The van der Waals surface area contributed by atoms with Crippen molar-refractivity contribution in [1.29, 1.82) is 0 Å². The molecule has 1 unspecified atom stereocenters. The second kappa shape index (κ2) is 7.64. The van der Waals surface area contributed by atoms with E-state index in [2.05, 4.69) is 20.6 Å². The molecule has 2 rings (SSSR count). The zero-order valence-corrected chi connectivity index (χ0v) is 13.9. The maximum Gasteiger partial charge on any atom is 0.319 e. The Kier molecular flexibility index (Phi) is 5.59. The number of methoxy groups -OCH3 is 1. The molecule has 0 saturated heterocycles. The third kappa shape index (κ3) is 4.72. The molecule has 2 N–H and O–H groups in total. The van der Waals surface area contributed by atoms with E-state index in [1.165, 1.54) is 0 Å². The molecule has 7 nitrogen and oxygen atoms in total. The van der Waals surface area contributed by atoms with Gasteiger partial charge >= 0.3 is 6.03 Å². The number of aromatic nitrogens is 2. The highest BCUT2D eigenvalue weighted by Crippen LogP contribution is 2.20. The summed E-state index contributed by atoms with van der Waals surface area (Å²) in [5.41, 5.74) is 1.77. The highest BCUT2D eigenvalue weighted by Gasteiger charge is 2.15. The second-order valence-electron chi connectivity index (χ2n) is 5.49. The van der Waals surface area contributed by atoms with Gasteiger partial charge in [0.05, 0.1) is 25.0 Å². The first kappa shape index (κ1) is 16.8. The van der Waals surface area contributed by atoms with Crippen molar-refractivity contribution in [2.24, 2.45) is 7.05 Å². The Bertz CT molecular complexity index is 636. The van der Waals surface area contributed by atoms with E-state index in [9.17, 15) is 4.79 Å². The summed E-state index contributed by atoms with van der Waals surface area (Å²) in [6.45, 7) is 0.491. The molecule has 0 spiro atoms. The lowest BCUT2D eigenvalue weighted by molar-refractivity contribution is 0.243. The molecule has 7 heteroatoms. The molecule has 1 atom stereocenters. The Hall–Kier alpha value is -2.54. The first-order valence-corrected chi connectivity index (χ1v) is 7.33. The number of ether oxygens (including phenoxy) is 1. The predicted molar refractivity (Wildman–Crippen MR) is 89.7 cm³/mol. The average Bonchev–Trinajstić information content (AvgIpc) is 2.92. The van der Waals surface area contributed by atoms with E-state index in [1.807, 2.05) is 38.4 Å². The van der Waals surface area contributed by atoms with Gasteiger partial charge in [-0.2, -0.15) is 5.10 Å². The molecule has 2 amide bonds. The number of amides is 2. The van der Waals surface area contributed by atoms with Crippen LogP contribution in [0.4, 0.5) is 10.5 Å². The van der Waals surface area contributed by atoms with Gasteiger partial charge in [0.2, 0.25) is 0 Å². The number of urea groups is 1. The van der Waals surface area contributed by atoms with E-state index in [0.29, 0.717) is 12.2 Å². The summed E-state index contributed by atoms with van der Waals surface area (Å²) >= 11 is 0. The standard InChI is InChI=1S/C16H23N5O2/c1-20(2)15(12-5-7-14(23-4)8-6-12)10-17-16(22)19-13-9-18-21(3)11-13/h5-9,11,15H,10H2,1-4H3,(H2,17,19,22).